The summed E-state index contributed by atoms with van der Waals surface area (Å²) in [6, 6.07) is 6.45. The van der Waals surface area contributed by atoms with Crippen molar-refractivity contribution < 1.29 is 19.1 Å². The van der Waals surface area contributed by atoms with Crippen molar-refractivity contribution in [3.8, 4) is 0 Å². The normalized spacial score (nSPS) is 10.0. The van der Waals surface area contributed by atoms with Gasteiger partial charge in [0.15, 0.2) is 0 Å². The largest absolute Gasteiger partial charge is 0.462 e. The summed E-state index contributed by atoms with van der Waals surface area (Å²) in [5.74, 6) is -0.649. The Kier molecular flexibility index (Phi) is 6.56. The lowest BCUT2D eigenvalue weighted by atomic mass is 10.2. The molecule has 1 amide bonds. The number of amides is 1. The lowest BCUT2D eigenvalue weighted by Crippen LogP contribution is -2.20. The van der Waals surface area contributed by atoms with Crippen molar-refractivity contribution in [3.05, 3.63) is 29.8 Å². The van der Waals surface area contributed by atoms with Crippen molar-refractivity contribution in [3.63, 3.8) is 0 Å². The van der Waals surface area contributed by atoms with Gasteiger partial charge in [-0.3, -0.25) is 4.79 Å². The van der Waals surface area contributed by atoms with Crippen LogP contribution in [0, 0.1) is 0 Å². The van der Waals surface area contributed by atoms with Crippen LogP contribution in [0.2, 0.25) is 0 Å². The number of carbonyl (C=O) groups is 2. The van der Waals surface area contributed by atoms with E-state index in [1.54, 1.807) is 31.2 Å². The molecule has 3 N–H and O–H groups in total. The molecule has 0 fully saturated rings. The third kappa shape index (κ3) is 5.50. The molecule has 1 aromatic rings. The molecule has 6 nitrogen and oxygen atoms in total. The highest BCUT2D eigenvalue weighted by Crippen LogP contribution is 2.10. The van der Waals surface area contributed by atoms with E-state index in [1.807, 2.05) is 0 Å². The lowest BCUT2D eigenvalue weighted by Gasteiger charge is -2.06. The number of carbonyl (C=O) groups excluding carboxylic acids is 2. The number of rotatable bonds is 7. The SMILES string of the molecule is CCOC(=O)c1ccc(NC(=O)COCCN)cc1. The molecule has 0 unspecified atom stereocenters. The van der Waals surface area contributed by atoms with Crippen LogP contribution in [-0.2, 0) is 14.3 Å². The van der Waals surface area contributed by atoms with E-state index in [1.165, 1.54) is 0 Å². The Morgan fingerprint density at radius 2 is 1.95 bits per heavy atom. The molecule has 1 rings (SSSR count). The Bertz CT molecular complexity index is 417. The molecule has 0 radical (unpaired) electrons. The van der Waals surface area contributed by atoms with Crippen LogP contribution in [0.25, 0.3) is 0 Å². The van der Waals surface area contributed by atoms with E-state index in [-0.39, 0.29) is 18.5 Å². The first-order valence-electron chi connectivity index (χ1n) is 6.02. The molecule has 1 aromatic carbocycles. The van der Waals surface area contributed by atoms with Gasteiger partial charge in [-0.2, -0.15) is 0 Å². The standard InChI is InChI=1S/C13H18N2O4/c1-2-19-13(17)10-3-5-11(6-4-10)15-12(16)9-18-8-7-14/h3-6H,2,7-9,14H2,1H3,(H,15,16). The molecule has 0 aromatic heterocycles. The van der Waals surface area contributed by atoms with Crippen LogP contribution in [0.3, 0.4) is 0 Å². The van der Waals surface area contributed by atoms with Crippen molar-refractivity contribution in [1.82, 2.24) is 0 Å². The van der Waals surface area contributed by atoms with E-state index in [2.05, 4.69) is 5.32 Å². The molecule has 19 heavy (non-hydrogen) atoms. The second-order valence-corrected chi connectivity index (χ2v) is 3.69. The minimum Gasteiger partial charge on any atom is -0.462 e. The van der Waals surface area contributed by atoms with Crippen LogP contribution >= 0.6 is 0 Å². The van der Waals surface area contributed by atoms with Crippen molar-refractivity contribution in [2.24, 2.45) is 5.73 Å². The zero-order valence-electron chi connectivity index (χ0n) is 10.8. The Hall–Kier alpha value is -1.92. The van der Waals surface area contributed by atoms with Crippen LogP contribution in [-0.4, -0.2) is 38.2 Å². The summed E-state index contributed by atoms with van der Waals surface area (Å²) in [6.45, 7) is 2.75. The number of benzene rings is 1. The van der Waals surface area contributed by atoms with E-state index >= 15 is 0 Å². The number of esters is 1. The molecular formula is C13H18N2O4. The summed E-state index contributed by atoms with van der Waals surface area (Å²) >= 11 is 0. The van der Waals surface area contributed by atoms with Crippen LogP contribution in [0.5, 0.6) is 0 Å². The maximum atomic E-state index is 11.4. The molecule has 0 aliphatic heterocycles. The van der Waals surface area contributed by atoms with Crippen molar-refractivity contribution in [2.45, 2.75) is 6.92 Å². The molecule has 0 spiro atoms. The zero-order valence-corrected chi connectivity index (χ0v) is 10.8. The topological polar surface area (TPSA) is 90.6 Å². The maximum Gasteiger partial charge on any atom is 0.338 e. The van der Waals surface area contributed by atoms with Gasteiger partial charge >= 0.3 is 5.97 Å². The quantitative estimate of drug-likeness (QED) is 0.562. The molecule has 6 heteroatoms. The van der Waals surface area contributed by atoms with E-state index < -0.39 is 0 Å². The average Bonchev–Trinajstić information content (AvgIpc) is 2.40. The molecular weight excluding hydrogens is 248 g/mol. The van der Waals surface area contributed by atoms with Gasteiger partial charge in [0, 0.05) is 12.2 Å². The van der Waals surface area contributed by atoms with E-state index in [0.717, 1.165) is 0 Å². The third-order valence-corrected chi connectivity index (χ3v) is 2.18. The summed E-state index contributed by atoms with van der Waals surface area (Å²) < 4.78 is 9.86. The van der Waals surface area contributed by atoms with E-state index in [9.17, 15) is 9.59 Å². The number of anilines is 1. The van der Waals surface area contributed by atoms with Gasteiger partial charge in [-0.15, -0.1) is 0 Å². The molecule has 0 atom stereocenters. The second kappa shape index (κ2) is 8.23. The molecule has 0 saturated carbocycles. The van der Waals surface area contributed by atoms with E-state index in [0.29, 0.717) is 31.0 Å². The highest BCUT2D eigenvalue weighted by atomic mass is 16.5. The maximum absolute atomic E-state index is 11.4. The Labute approximate surface area is 111 Å². The zero-order chi connectivity index (χ0) is 14.1. The molecule has 0 aliphatic rings. The fraction of sp³-hybridized carbons (Fsp3) is 0.385. The van der Waals surface area contributed by atoms with Crippen LogP contribution in [0.4, 0.5) is 5.69 Å². The molecule has 0 heterocycles. The van der Waals surface area contributed by atoms with Crippen LogP contribution in [0.1, 0.15) is 17.3 Å². The fourth-order valence-corrected chi connectivity index (χ4v) is 1.35. The first-order chi connectivity index (χ1) is 9.17. The molecule has 104 valence electrons. The van der Waals surface area contributed by atoms with Gasteiger partial charge in [-0.1, -0.05) is 0 Å². The van der Waals surface area contributed by atoms with Crippen LogP contribution in [0.15, 0.2) is 24.3 Å². The van der Waals surface area contributed by atoms with Gasteiger partial charge < -0.3 is 20.5 Å². The number of nitrogens with one attached hydrogen (secondary N) is 1. The summed E-state index contributed by atoms with van der Waals surface area (Å²) in [7, 11) is 0. The van der Waals surface area contributed by atoms with Gasteiger partial charge in [0.05, 0.1) is 18.8 Å². The molecule has 0 saturated heterocycles. The number of nitrogens with two attached hydrogens (primary N) is 1. The predicted octanol–water partition coefficient (Wildman–Crippen LogP) is 0.777. The third-order valence-electron chi connectivity index (χ3n) is 2.18. The van der Waals surface area contributed by atoms with Gasteiger partial charge in [-0.25, -0.2) is 4.79 Å². The summed E-state index contributed by atoms with van der Waals surface area (Å²) in [6.07, 6.45) is 0. The monoisotopic (exact) mass is 266 g/mol. The highest BCUT2D eigenvalue weighted by Gasteiger charge is 2.07. The van der Waals surface area contributed by atoms with Crippen molar-refractivity contribution in [2.75, 3.05) is 31.7 Å². The summed E-state index contributed by atoms with van der Waals surface area (Å²) in [5.41, 5.74) is 6.27. The molecule has 0 bridgehead atoms. The Morgan fingerprint density at radius 1 is 1.26 bits per heavy atom. The molecule has 0 aliphatic carbocycles. The minimum atomic E-state index is -0.383. The van der Waals surface area contributed by atoms with E-state index in [4.69, 9.17) is 15.2 Å². The average molecular weight is 266 g/mol. The second-order valence-electron chi connectivity index (χ2n) is 3.69. The van der Waals surface area contributed by atoms with Gasteiger partial charge in [0.2, 0.25) is 5.91 Å². The summed E-state index contributed by atoms with van der Waals surface area (Å²) in [4.78, 5) is 22.9. The Morgan fingerprint density at radius 3 is 2.53 bits per heavy atom. The fourth-order valence-electron chi connectivity index (χ4n) is 1.35. The lowest BCUT2D eigenvalue weighted by molar-refractivity contribution is -0.120. The smallest absolute Gasteiger partial charge is 0.338 e. The Balaban J connectivity index is 2.47. The number of hydrogen-bond acceptors (Lipinski definition) is 5. The highest BCUT2D eigenvalue weighted by molar-refractivity contribution is 5.93. The summed E-state index contributed by atoms with van der Waals surface area (Å²) in [5, 5.41) is 2.64. The number of ether oxygens (including phenoxy) is 2. The predicted molar refractivity (Wildman–Crippen MR) is 70.9 cm³/mol. The van der Waals surface area contributed by atoms with Crippen LogP contribution < -0.4 is 11.1 Å². The first-order valence-corrected chi connectivity index (χ1v) is 6.02. The van der Waals surface area contributed by atoms with Gasteiger partial charge in [-0.05, 0) is 31.2 Å². The minimum absolute atomic E-state index is 0.0448. The van der Waals surface area contributed by atoms with Crippen molar-refractivity contribution >= 4 is 17.6 Å². The van der Waals surface area contributed by atoms with Gasteiger partial charge in [0.25, 0.3) is 0 Å². The first kappa shape index (κ1) is 15.1. The van der Waals surface area contributed by atoms with Gasteiger partial charge in [0.1, 0.15) is 6.61 Å². The van der Waals surface area contributed by atoms with Crippen molar-refractivity contribution in [1.29, 1.82) is 0 Å². The number of hydrogen-bond donors (Lipinski definition) is 2.